The van der Waals surface area contributed by atoms with Crippen molar-refractivity contribution in [2.75, 3.05) is 20.7 Å². The number of alkyl halides is 3. The Morgan fingerprint density at radius 2 is 1.88 bits per heavy atom. The number of carbonyl (C=O) groups is 2. The molecule has 0 saturated heterocycles. The maximum Gasteiger partial charge on any atom is 0.406 e. The minimum atomic E-state index is -4.53. The maximum absolute atomic E-state index is 12.5. The van der Waals surface area contributed by atoms with Gasteiger partial charge < -0.3 is 9.64 Å². The van der Waals surface area contributed by atoms with Gasteiger partial charge in [-0.3, -0.25) is 4.79 Å². The number of para-hydroxylation sites is 1. The van der Waals surface area contributed by atoms with Crippen LogP contribution < -0.4 is 0 Å². The van der Waals surface area contributed by atoms with Crippen molar-refractivity contribution >= 4 is 11.9 Å². The van der Waals surface area contributed by atoms with Crippen LogP contribution in [0, 0.1) is 0 Å². The number of amides is 1. The van der Waals surface area contributed by atoms with Crippen LogP contribution in [-0.2, 0) is 4.74 Å². The van der Waals surface area contributed by atoms with Crippen molar-refractivity contribution in [3.63, 3.8) is 0 Å². The van der Waals surface area contributed by atoms with E-state index in [1.54, 1.807) is 30.3 Å². The predicted molar refractivity (Wildman–Crippen MR) is 77.9 cm³/mol. The van der Waals surface area contributed by atoms with Gasteiger partial charge in [-0.25, -0.2) is 9.48 Å². The van der Waals surface area contributed by atoms with Gasteiger partial charge in [0.15, 0.2) is 5.69 Å². The summed E-state index contributed by atoms with van der Waals surface area (Å²) in [6.45, 7) is -1.42. The lowest BCUT2D eigenvalue weighted by Gasteiger charge is -2.19. The monoisotopic (exact) mass is 341 g/mol. The highest BCUT2D eigenvalue weighted by Gasteiger charge is 2.33. The Morgan fingerprint density at radius 3 is 2.42 bits per heavy atom. The van der Waals surface area contributed by atoms with Crippen LogP contribution in [0.3, 0.4) is 0 Å². The van der Waals surface area contributed by atoms with Crippen molar-refractivity contribution < 1.29 is 27.5 Å². The van der Waals surface area contributed by atoms with E-state index in [4.69, 9.17) is 0 Å². The van der Waals surface area contributed by atoms with Crippen molar-refractivity contribution in [2.45, 2.75) is 6.18 Å². The van der Waals surface area contributed by atoms with Crippen LogP contribution in [0.5, 0.6) is 0 Å². The van der Waals surface area contributed by atoms with E-state index in [9.17, 15) is 22.8 Å². The van der Waals surface area contributed by atoms with Gasteiger partial charge in [0.2, 0.25) is 0 Å². The van der Waals surface area contributed by atoms with Gasteiger partial charge in [-0.1, -0.05) is 18.2 Å². The molecule has 0 aliphatic heterocycles. The standard InChI is InChI=1S/C15H14F3N3O3/c1-20(9-15(16,17)18)13(22)12-8-11(14(23)24-2)19-21(12)10-6-4-3-5-7-10/h3-8H,9H2,1-2H3. The van der Waals surface area contributed by atoms with Crippen LogP contribution in [0.15, 0.2) is 36.4 Å². The summed E-state index contributed by atoms with van der Waals surface area (Å²) < 4.78 is 43.2. The fraction of sp³-hybridized carbons (Fsp3) is 0.267. The summed E-state index contributed by atoms with van der Waals surface area (Å²) in [5, 5.41) is 3.96. The third-order valence-corrected chi connectivity index (χ3v) is 3.09. The first kappa shape index (κ1) is 17.5. The first-order valence-electron chi connectivity index (χ1n) is 6.79. The number of ether oxygens (including phenoxy) is 1. The molecule has 24 heavy (non-hydrogen) atoms. The molecule has 128 valence electrons. The number of aromatic nitrogens is 2. The topological polar surface area (TPSA) is 64.4 Å². The molecule has 0 bridgehead atoms. The molecule has 0 unspecified atom stereocenters. The smallest absolute Gasteiger partial charge is 0.406 e. The first-order valence-corrected chi connectivity index (χ1v) is 6.79. The zero-order valence-corrected chi connectivity index (χ0v) is 12.9. The summed E-state index contributed by atoms with van der Waals surface area (Å²) in [6, 6.07) is 9.38. The van der Waals surface area contributed by atoms with Gasteiger partial charge in [-0.05, 0) is 12.1 Å². The Morgan fingerprint density at radius 1 is 1.25 bits per heavy atom. The van der Waals surface area contributed by atoms with Gasteiger partial charge in [-0.2, -0.15) is 18.3 Å². The summed E-state index contributed by atoms with van der Waals surface area (Å²) in [6.07, 6.45) is -4.53. The second kappa shape index (κ2) is 6.73. The zero-order chi connectivity index (χ0) is 17.9. The van der Waals surface area contributed by atoms with E-state index >= 15 is 0 Å². The van der Waals surface area contributed by atoms with E-state index in [2.05, 4.69) is 9.84 Å². The quantitative estimate of drug-likeness (QED) is 0.801. The van der Waals surface area contributed by atoms with Crippen LogP contribution in [0.1, 0.15) is 21.0 Å². The van der Waals surface area contributed by atoms with Crippen LogP contribution >= 0.6 is 0 Å². The van der Waals surface area contributed by atoms with Gasteiger partial charge in [0, 0.05) is 13.1 Å². The third-order valence-electron chi connectivity index (χ3n) is 3.09. The molecule has 2 aromatic rings. The van der Waals surface area contributed by atoms with Crippen LogP contribution in [0.4, 0.5) is 13.2 Å². The van der Waals surface area contributed by atoms with E-state index in [0.29, 0.717) is 10.6 Å². The Kier molecular flexibility index (Phi) is 4.91. The van der Waals surface area contributed by atoms with E-state index in [1.807, 2.05) is 0 Å². The summed E-state index contributed by atoms with van der Waals surface area (Å²) in [4.78, 5) is 24.5. The predicted octanol–water partition coefficient (Wildman–Crippen LogP) is 2.29. The van der Waals surface area contributed by atoms with Gasteiger partial charge in [-0.15, -0.1) is 0 Å². The van der Waals surface area contributed by atoms with E-state index < -0.39 is 24.6 Å². The van der Waals surface area contributed by atoms with E-state index in [0.717, 1.165) is 24.9 Å². The van der Waals surface area contributed by atoms with Crippen molar-refractivity contribution in [3.05, 3.63) is 47.8 Å². The second-order valence-corrected chi connectivity index (χ2v) is 4.93. The normalized spacial score (nSPS) is 11.2. The van der Waals surface area contributed by atoms with Crippen LogP contribution in [0.25, 0.3) is 5.69 Å². The number of hydrogen-bond donors (Lipinski definition) is 0. The molecular formula is C15H14F3N3O3. The van der Waals surface area contributed by atoms with Gasteiger partial charge >= 0.3 is 12.1 Å². The molecule has 0 radical (unpaired) electrons. The number of methoxy groups -OCH3 is 1. The number of esters is 1. The minimum absolute atomic E-state index is 0.173. The third kappa shape index (κ3) is 3.92. The Labute approximate surface area is 135 Å². The lowest BCUT2D eigenvalue weighted by atomic mass is 10.3. The number of benzene rings is 1. The molecule has 6 nitrogen and oxygen atoms in total. The van der Waals surface area contributed by atoms with Crippen LogP contribution in [0.2, 0.25) is 0 Å². The molecule has 0 spiro atoms. The highest BCUT2D eigenvalue weighted by Crippen LogP contribution is 2.19. The van der Waals surface area contributed by atoms with Crippen molar-refractivity contribution in [1.82, 2.24) is 14.7 Å². The van der Waals surface area contributed by atoms with Crippen LogP contribution in [-0.4, -0.2) is 53.4 Å². The highest BCUT2D eigenvalue weighted by molar-refractivity contribution is 5.96. The summed E-state index contributed by atoms with van der Waals surface area (Å²) in [5.74, 6) is -1.71. The molecule has 1 amide bonds. The molecule has 0 aliphatic rings. The van der Waals surface area contributed by atoms with E-state index in [1.165, 1.54) is 0 Å². The average Bonchev–Trinajstić information content (AvgIpc) is 2.97. The summed E-state index contributed by atoms with van der Waals surface area (Å²) in [5.41, 5.74) is 0.0786. The maximum atomic E-state index is 12.5. The highest BCUT2D eigenvalue weighted by atomic mass is 19.4. The molecule has 2 rings (SSSR count). The molecule has 1 heterocycles. The van der Waals surface area contributed by atoms with Gasteiger partial charge in [0.1, 0.15) is 12.2 Å². The molecule has 0 N–H and O–H groups in total. The molecule has 0 aliphatic carbocycles. The molecule has 9 heteroatoms. The van der Waals surface area contributed by atoms with Gasteiger partial charge in [0.25, 0.3) is 5.91 Å². The van der Waals surface area contributed by atoms with Crippen molar-refractivity contribution in [3.8, 4) is 5.69 Å². The second-order valence-electron chi connectivity index (χ2n) is 4.93. The van der Waals surface area contributed by atoms with Crippen molar-refractivity contribution in [1.29, 1.82) is 0 Å². The molecule has 1 aromatic heterocycles. The number of nitrogens with zero attached hydrogens (tertiary/aromatic N) is 3. The molecule has 0 atom stereocenters. The number of hydrogen-bond acceptors (Lipinski definition) is 4. The van der Waals surface area contributed by atoms with E-state index in [-0.39, 0.29) is 11.4 Å². The summed E-state index contributed by atoms with van der Waals surface area (Å²) >= 11 is 0. The lowest BCUT2D eigenvalue weighted by molar-refractivity contribution is -0.138. The zero-order valence-electron chi connectivity index (χ0n) is 12.9. The molecule has 0 fully saturated rings. The first-order chi connectivity index (χ1) is 11.2. The van der Waals surface area contributed by atoms with Crippen molar-refractivity contribution in [2.24, 2.45) is 0 Å². The SMILES string of the molecule is COC(=O)c1cc(C(=O)N(C)CC(F)(F)F)n(-c2ccccc2)n1. The lowest BCUT2D eigenvalue weighted by Crippen LogP contribution is -2.36. The Balaban J connectivity index is 2.46. The average molecular weight is 341 g/mol. The van der Waals surface area contributed by atoms with Gasteiger partial charge in [0.05, 0.1) is 12.8 Å². The largest absolute Gasteiger partial charge is 0.464 e. The Bertz CT molecular complexity index is 741. The number of rotatable bonds is 4. The number of halogens is 3. The fourth-order valence-electron chi connectivity index (χ4n) is 2.04. The summed E-state index contributed by atoms with van der Waals surface area (Å²) in [7, 11) is 2.16. The molecular weight excluding hydrogens is 327 g/mol. The number of carbonyl (C=O) groups excluding carboxylic acids is 2. The minimum Gasteiger partial charge on any atom is -0.464 e. The Hall–Kier alpha value is -2.84. The molecule has 1 aromatic carbocycles. The fourth-order valence-corrected chi connectivity index (χ4v) is 2.04. The molecule has 0 saturated carbocycles.